The minimum atomic E-state index is -4.04. The molecule has 0 atom stereocenters. The molecule has 6 heteroatoms. The first-order chi connectivity index (χ1) is 15.3. The van der Waals surface area contributed by atoms with Crippen LogP contribution in [0.3, 0.4) is 0 Å². The van der Waals surface area contributed by atoms with E-state index >= 15 is 0 Å². The lowest BCUT2D eigenvalue weighted by Crippen LogP contribution is -2.37. The molecular formula is C26H29NO4S. The Labute approximate surface area is 190 Å². The zero-order valence-corrected chi connectivity index (χ0v) is 19.6. The summed E-state index contributed by atoms with van der Waals surface area (Å²) >= 11 is 0. The van der Waals surface area contributed by atoms with Crippen LogP contribution in [0.25, 0.3) is 0 Å². The van der Waals surface area contributed by atoms with E-state index in [4.69, 9.17) is 4.74 Å². The standard InChI is InChI=1S/C26H29NO4S/c1-4-22-11-13-23(14-12-22)27(32(29,30)25-17-9-21(3)10-18-25)26(28)6-5-19-31-24-15-7-20(2)8-16-24/h7-18H,4-6,19H2,1-3H3. The molecule has 3 rings (SSSR count). The van der Waals surface area contributed by atoms with Gasteiger partial charge in [0.25, 0.3) is 10.0 Å². The zero-order valence-electron chi connectivity index (χ0n) is 18.7. The summed E-state index contributed by atoms with van der Waals surface area (Å²) in [6.07, 6.45) is 1.28. The van der Waals surface area contributed by atoms with Gasteiger partial charge in [-0.2, -0.15) is 0 Å². The first-order valence-corrected chi connectivity index (χ1v) is 12.2. The van der Waals surface area contributed by atoms with Crippen molar-refractivity contribution in [3.63, 3.8) is 0 Å². The van der Waals surface area contributed by atoms with E-state index in [0.717, 1.165) is 33.2 Å². The number of ether oxygens (including phenoxy) is 1. The number of anilines is 1. The number of sulfonamides is 1. The van der Waals surface area contributed by atoms with Gasteiger partial charge in [-0.1, -0.05) is 54.4 Å². The number of amides is 1. The minimum absolute atomic E-state index is 0.0481. The highest BCUT2D eigenvalue weighted by molar-refractivity contribution is 7.93. The molecule has 3 aromatic carbocycles. The molecule has 0 fully saturated rings. The molecule has 5 nitrogen and oxygen atoms in total. The Balaban J connectivity index is 1.78. The second kappa shape index (κ2) is 10.5. The van der Waals surface area contributed by atoms with Crippen LogP contribution in [-0.2, 0) is 21.2 Å². The number of carbonyl (C=O) groups excluding carboxylic acids is 1. The van der Waals surface area contributed by atoms with E-state index in [9.17, 15) is 13.2 Å². The van der Waals surface area contributed by atoms with E-state index in [2.05, 4.69) is 0 Å². The van der Waals surface area contributed by atoms with E-state index in [-0.39, 0.29) is 11.3 Å². The molecule has 0 aliphatic carbocycles. The Morgan fingerprint density at radius 2 is 1.41 bits per heavy atom. The third kappa shape index (κ3) is 5.77. The summed E-state index contributed by atoms with van der Waals surface area (Å²) in [5, 5.41) is 0. The molecule has 0 N–H and O–H groups in total. The molecule has 0 unspecified atom stereocenters. The van der Waals surface area contributed by atoms with Gasteiger partial charge >= 0.3 is 0 Å². The Morgan fingerprint density at radius 3 is 1.97 bits per heavy atom. The van der Waals surface area contributed by atoms with Gasteiger partial charge in [0.1, 0.15) is 5.75 Å². The fraction of sp³-hybridized carbons (Fsp3) is 0.269. The summed E-state index contributed by atoms with van der Waals surface area (Å²) in [7, 11) is -4.04. The van der Waals surface area contributed by atoms with Crippen LogP contribution in [-0.4, -0.2) is 20.9 Å². The maximum absolute atomic E-state index is 13.4. The lowest BCUT2D eigenvalue weighted by atomic mass is 10.1. The van der Waals surface area contributed by atoms with Gasteiger partial charge in [-0.25, -0.2) is 12.7 Å². The van der Waals surface area contributed by atoms with Crippen molar-refractivity contribution >= 4 is 21.6 Å². The second-order valence-electron chi connectivity index (χ2n) is 7.76. The smallest absolute Gasteiger partial charge is 0.270 e. The molecule has 0 saturated carbocycles. The monoisotopic (exact) mass is 451 g/mol. The van der Waals surface area contributed by atoms with Crippen LogP contribution in [0.15, 0.2) is 77.7 Å². The Hall–Kier alpha value is -3.12. The number of nitrogens with zero attached hydrogens (tertiary/aromatic N) is 1. The molecule has 0 aliphatic rings. The first-order valence-electron chi connectivity index (χ1n) is 10.7. The Morgan fingerprint density at radius 1 is 0.844 bits per heavy atom. The van der Waals surface area contributed by atoms with Gasteiger partial charge in [-0.3, -0.25) is 4.79 Å². The molecule has 0 spiro atoms. The maximum atomic E-state index is 13.4. The average molecular weight is 452 g/mol. The number of hydrogen-bond acceptors (Lipinski definition) is 4. The second-order valence-corrected chi connectivity index (χ2v) is 9.55. The van der Waals surface area contributed by atoms with Gasteiger partial charge in [0.2, 0.25) is 5.91 Å². The third-order valence-electron chi connectivity index (χ3n) is 5.19. The van der Waals surface area contributed by atoms with Crippen molar-refractivity contribution in [2.75, 3.05) is 10.9 Å². The molecule has 0 aromatic heterocycles. The van der Waals surface area contributed by atoms with Crippen molar-refractivity contribution < 1.29 is 17.9 Å². The molecule has 32 heavy (non-hydrogen) atoms. The number of aryl methyl sites for hydroxylation is 3. The summed E-state index contributed by atoms with van der Waals surface area (Å²) < 4.78 is 33.4. The predicted molar refractivity (Wildman–Crippen MR) is 128 cm³/mol. The van der Waals surface area contributed by atoms with Crippen molar-refractivity contribution in [1.29, 1.82) is 0 Å². The molecule has 0 aliphatic heterocycles. The first kappa shape index (κ1) is 23.5. The van der Waals surface area contributed by atoms with Crippen LogP contribution < -0.4 is 9.04 Å². The van der Waals surface area contributed by atoms with Gasteiger partial charge in [0.05, 0.1) is 17.2 Å². The lowest BCUT2D eigenvalue weighted by Gasteiger charge is -2.23. The third-order valence-corrected chi connectivity index (χ3v) is 6.95. The van der Waals surface area contributed by atoms with Gasteiger partial charge in [0.15, 0.2) is 0 Å². The Bertz CT molecular complexity index is 1140. The minimum Gasteiger partial charge on any atom is -0.494 e. The summed E-state index contributed by atoms with van der Waals surface area (Å²) in [6.45, 7) is 6.23. The SMILES string of the molecule is CCc1ccc(N(C(=O)CCCOc2ccc(C)cc2)S(=O)(=O)c2ccc(C)cc2)cc1. The molecule has 168 valence electrons. The van der Waals surface area contributed by atoms with Crippen molar-refractivity contribution in [3.8, 4) is 5.75 Å². The fourth-order valence-electron chi connectivity index (χ4n) is 3.25. The fourth-order valence-corrected chi connectivity index (χ4v) is 4.70. The lowest BCUT2D eigenvalue weighted by molar-refractivity contribution is -0.117. The van der Waals surface area contributed by atoms with Crippen LogP contribution in [0, 0.1) is 13.8 Å². The quantitative estimate of drug-likeness (QED) is 0.406. The predicted octanol–water partition coefficient (Wildman–Crippen LogP) is 5.45. The number of carbonyl (C=O) groups is 1. The van der Waals surface area contributed by atoms with Crippen molar-refractivity contribution in [3.05, 3.63) is 89.5 Å². The van der Waals surface area contributed by atoms with Crippen LogP contribution in [0.2, 0.25) is 0 Å². The summed E-state index contributed by atoms with van der Waals surface area (Å²) in [5.74, 6) is 0.240. The highest BCUT2D eigenvalue weighted by Crippen LogP contribution is 2.26. The number of rotatable bonds is 9. The molecule has 1 amide bonds. The Kier molecular flexibility index (Phi) is 7.70. The topological polar surface area (TPSA) is 63.7 Å². The molecular weight excluding hydrogens is 422 g/mol. The molecule has 3 aromatic rings. The van der Waals surface area contributed by atoms with Gasteiger partial charge < -0.3 is 4.74 Å². The van der Waals surface area contributed by atoms with Crippen molar-refractivity contribution in [2.24, 2.45) is 0 Å². The van der Waals surface area contributed by atoms with Gasteiger partial charge in [-0.05, 0) is 68.7 Å². The molecule has 0 bridgehead atoms. The van der Waals surface area contributed by atoms with Crippen molar-refractivity contribution in [1.82, 2.24) is 0 Å². The van der Waals surface area contributed by atoms with Crippen LogP contribution in [0.5, 0.6) is 5.75 Å². The highest BCUT2D eigenvalue weighted by Gasteiger charge is 2.30. The normalized spacial score (nSPS) is 11.2. The van der Waals surface area contributed by atoms with Crippen LogP contribution >= 0.6 is 0 Å². The molecule has 0 radical (unpaired) electrons. The summed E-state index contributed by atoms with van der Waals surface area (Å²) in [6, 6.07) is 21.2. The van der Waals surface area contributed by atoms with E-state index in [1.807, 2.05) is 57.2 Å². The van der Waals surface area contributed by atoms with E-state index in [1.165, 1.54) is 12.1 Å². The largest absolute Gasteiger partial charge is 0.494 e. The molecule has 0 saturated heterocycles. The maximum Gasteiger partial charge on any atom is 0.270 e. The summed E-state index contributed by atoms with van der Waals surface area (Å²) in [4.78, 5) is 13.2. The zero-order chi connectivity index (χ0) is 23.1. The van der Waals surface area contributed by atoms with E-state index in [0.29, 0.717) is 18.7 Å². The van der Waals surface area contributed by atoms with Crippen molar-refractivity contribution in [2.45, 2.75) is 44.9 Å². The average Bonchev–Trinajstić information content (AvgIpc) is 2.78. The number of benzene rings is 3. The van der Waals surface area contributed by atoms with Crippen LogP contribution in [0.1, 0.15) is 36.5 Å². The summed E-state index contributed by atoms with van der Waals surface area (Å²) in [5.41, 5.74) is 3.49. The van der Waals surface area contributed by atoms with Crippen LogP contribution in [0.4, 0.5) is 5.69 Å². The van der Waals surface area contributed by atoms with Gasteiger partial charge in [0, 0.05) is 6.42 Å². The highest BCUT2D eigenvalue weighted by atomic mass is 32.2. The van der Waals surface area contributed by atoms with Gasteiger partial charge in [-0.15, -0.1) is 0 Å². The molecule has 0 heterocycles. The van der Waals surface area contributed by atoms with E-state index in [1.54, 1.807) is 24.3 Å². The number of hydrogen-bond donors (Lipinski definition) is 0. The van der Waals surface area contributed by atoms with E-state index < -0.39 is 15.9 Å².